The van der Waals surface area contributed by atoms with Gasteiger partial charge in [0.25, 0.3) is 0 Å². The van der Waals surface area contributed by atoms with E-state index in [0.29, 0.717) is 16.9 Å². The SMILES string of the molecule is CCNC(c1ccc(Cl)s1)c1cc(F)c(F)cc1F. The Labute approximate surface area is 118 Å². The van der Waals surface area contributed by atoms with E-state index in [1.807, 2.05) is 6.92 Å². The Morgan fingerprint density at radius 3 is 2.42 bits per heavy atom. The first-order valence-corrected chi connectivity index (χ1v) is 6.85. The van der Waals surface area contributed by atoms with Crippen LogP contribution in [0.25, 0.3) is 0 Å². The highest BCUT2D eigenvalue weighted by Gasteiger charge is 2.21. The summed E-state index contributed by atoms with van der Waals surface area (Å²) in [5.41, 5.74) is 0.0688. The van der Waals surface area contributed by atoms with Crippen molar-refractivity contribution in [3.8, 4) is 0 Å². The van der Waals surface area contributed by atoms with E-state index in [4.69, 9.17) is 11.6 Å². The number of nitrogens with one attached hydrogen (secondary N) is 1. The molecule has 2 rings (SSSR count). The van der Waals surface area contributed by atoms with Gasteiger partial charge in [0.2, 0.25) is 0 Å². The molecule has 2 aromatic rings. The second-order valence-corrected chi connectivity index (χ2v) is 5.67. The maximum Gasteiger partial charge on any atom is 0.161 e. The van der Waals surface area contributed by atoms with E-state index in [0.717, 1.165) is 10.9 Å². The van der Waals surface area contributed by atoms with Gasteiger partial charge in [0, 0.05) is 16.5 Å². The molecule has 19 heavy (non-hydrogen) atoms. The Morgan fingerprint density at radius 2 is 1.84 bits per heavy atom. The number of halogens is 4. The fraction of sp³-hybridized carbons (Fsp3) is 0.231. The van der Waals surface area contributed by atoms with Crippen molar-refractivity contribution in [1.29, 1.82) is 0 Å². The van der Waals surface area contributed by atoms with Crippen molar-refractivity contribution >= 4 is 22.9 Å². The van der Waals surface area contributed by atoms with Crippen LogP contribution in [-0.4, -0.2) is 6.54 Å². The summed E-state index contributed by atoms with van der Waals surface area (Å²) in [5.74, 6) is -3.04. The molecule has 102 valence electrons. The quantitative estimate of drug-likeness (QED) is 0.819. The molecule has 1 heterocycles. The topological polar surface area (TPSA) is 12.0 Å². The molecule has 6 heteroatoms. The summed E-state index contributed by atoms with van der Waals surface area (Å²) in [4.78, 5) is 0.747. The second-order valence-electron chi connectivity index (χ2n) is 3.92. The lowest BCUT2D eigenvalue weighted by atomic mass is 10.0. The van der Waals surface area contributed by atoms with Gasteiger partial charge in [-0.3, -0.25) is 0 Å². The fourth-order valence-corrected chi connectivity index (χ4v) is 2.97. The fourth-order valence-electron chi connectivity index (χ4n) is 1.81. The van der Waals surface area contributed by atoms with E-state index in [-0.39, 0.29) is 5.56 Å². The van der Waals surface area contributed by atoms with Crippen molar-refractivity contribution in [2.24, 2.45) is 0 Å². The number of hydrogen-bond acceptors (Lipinski definition) is 2. The number of benzene rings is 1. The summed E-state index contributed by atoms with van der Waals surface area (Å²) in [5, 5.41) is 3.04. The summed E-state index contributed by atoms with van der Waals surface area (Å²) in [6.45, 7) is 2.40. The van der Waals surface area contributed by atoms with E-state index in [2.05, 4.69) is 5.32 Å². The molecule has 1 nitrogen and oxygen atoms in total. The van der Waals surface area contributed by atoms with Crippen molar-refractivity contribution in [3.05, 3.63) is 56.5 Å². The van der Waals surface area contributed by atoms with E-state index < -0.39 is 23.5 Å². The molecule has 1 N–H and O–H groups in total. The second kappa shape index (κ2) is 5.94. The van der Waals surface area contributed by atoms with Crippen LogP contribution in [0.2, 0.25) is 4.34 Å². The van der Waals surface area contributed by atoms with Crippen molar-refractivity contribution in [1.82, 2.24) is 5.32 Å². The lowest BCUT2D eigenvalue weighted by molar-refractivity contribution is 0.482. The Hall–Kier alpha value is -1.04. The molecular weight excluding hydrogens is 295 g/mol. The molecule has 0 aliphatic carbocycles. The zero-order chi connectivity index (χ0) is 14.0. The molecular formula is C13H11ClF3NS. The lowest BCUT2D eigenvalue weighted by Crippen LogP contribution is -2.22. The summed E-state index contributed by atoms with van der Waals surface area (Å²) in [6.07, 6.45) is 0. The minimum Gasteiger partial charge on any atom is -0.306 e. The van der Waals surface area contributed by atoms with Gasteiger partial charge in [-0.1, -0.05) is 18.5 Å². The van der Waals surface area contributed by atoms with Gasteiger partial charge in [0.05, 0.1) is 10.4 Å². The van der Waals surface area contributed by atoms with E-state index in [9.17, 15) is 13.2 Å². The Kier molecular flexibility index (Phi) is 4.50. The minimum absolute atomic E-state index is 0.0688. The molecule has 1 aromatic heterocycles. The highest BCUT2D eigenvalue weighted by atomic mass is 35.5. The smallest absolute Gasteiger partial charge is 0.161 e. The van der Waals surface area contributed by atoms with Gasteiger partial charge in [-0.2, -0.15) is 0 Å². The van der Waals surface area contributed by atoms with Crippen LogP contribution in [0.4, 0.5) is 13.2 Å². The van der Waals surface area contributed by atoms with Crippen molar-refractivity contribution in [2.75, 3.05) is 6.54 Å². The van der Waals surface area contributed by atoms with Crippen LogP contribution < -0.4 is 5.32 Å². The Bertz CT molecular complexity index is 585. The minimum atomic E-state index is -1.19. The van der Waals surface area contributed by atoms with Gasteiger partial charge in [-0.15, -0.1) is 11.3 Å². The molecule has 0 saturated carbocycles. The normalized spacial score (nSPS) is 12.7. The third kappa shape index (κ3) is 3.11. The molecule has 0 bridgehead atoms. The third-order valence-corrected chi connectivity index (χ3v) is 3.93. The molecule has 0 saturated heterocycles. The maximum atomic E-state index is 13.8. The van der Waals surface area contributed by atoms with Crippen molar-refractivity contribution in [3.63, 3.8) is 0 Å². The highest BCUT2D eigenvalue weighted by molar-refractivity contribution is 7.16. The molecule has 1 unspecified atom stereocenters. The van der Waals surface area contributed by atoms with E-state index in [1.165, 1.54) is 11.3 Å². The summed E-state index contributed by atoms with van der Waals surface area (Å²) in [7, 11) is 0. The average molecular weight is 306 g/mol. The first kappa shape index (κ1) is 14.4. The third-order valence-electron chi connectivity index (χ3n) is 2.64. The van der Waals surface area contributed by atoms with E-state index in [1.54, 1.807) is 12.1 Å². The predicted octanol–water partition coefficient (Wildman–Crippen LogP) is 4.52. The van der Waals surface area contributed by atoms with Gasteiger partial charge < -0.3 is 5.32 Å². The molecule has 0 amide bonds. The average Bonchev–Trinajstić information content (AvgIpc) is 2.78. The van der Waals surface area contributed by atoms with Crippen LogP contribution in [0, 0.1) is 17.5 Å². The summed E-state index contributed by atoms with van der Waals surface area (Å²) >= 11 is 7.12. The van der Waals surface area contributed by atoms with Crippen molar-refractivity contribution in [2.45, 2.75) is 13.0 Å². The van der Waals surface area contributed by atoms with Crippen LogP contribution in [0.1, 0.15) is 23.4 Å². The van der Waals surface area contributed by atoms with Crippen LogP contribution in [-0.2, 0) is 0 Å². The van der Waals surface area contributed by atoms with Crippen molar-refractivity contribution < 1.29 is 13.2 Å². The summed E-state index contributed by atoms with van der Waals surface area (Å²) in [6, 6.07) is 4.32. The first-order valence-electron chi connectivity index (χ1n) is 5.66. The number of thiophene rings is 1. The Morgan fingerprint density at radius 1 is 1.16 bits per heavy atom. The van der Waals surface area contributed by atoms with Crippen LogP contribution in [0.3, 0.4) is 0 Å². The highest BCUT2D eigenvalue weighted by Crippen LogP contribution is 2.32. The zero-order valence-electron chi connectivity index (χ0n) is 10.0. The van der Waals surface area contributed by atoms with Crippen LogP contribution >= 0.6 is 22.9 Å². The molecule has 0 spiro atoms. The molecule has 1 atom stereocenters. The lowest BCUT2D eigenvalue weighted by Gasteiger charge is -2.17. The zero-order valence-corrected chi connectivity index (χ0v) is 11.6. The molecule has 0 radical (unpaired) electrons. The number of rotatable bonds is 4. The van der Waals surface area contributed by atoms with Crippen LogP contribution in [0.15, 0.2) is 24.3 Å². The first-order chi connectivity index (χ1) is 9.02. The Balaban J connectivity index is 2.47. The van der Waals surface area contributed by atoms with Gasteiger partial charge in [0.15, 0.2) is 11.6 Å². The standard InChI is InChI=1S/C13H11ClF3NS/c1-2-18-13(11-3-4-12(14)19-11)7-5-9(16)10(17)6-8(7)15/h3-6,13,18H,2H2,1H3. The van der Waals surface area contributed by atoms with Gasteiger partial charge in [-0.25, -0.2) is 13.2 Å². The molecule has 0 aliphatic rings. The maximum absolute atomic E-state index is 13.8. The van der Waals surface area contributed by atoms with Gasteiger partial charge >= 0.3 is 0 Å². The molecule has 1 aromatic carbocycles. The van der Waals surface area contributed by atoms with Crippen LogP contribution in [0.5, 0.6) is 0 Å². The van der Waals surface area contributed by atoms with Gasteiger partial charge in [-0.05, 0) is 24.7 Å². The van der Waals surface area contributed by atoms with Gasteiger partial charge in [0.1, 0.15) is 5.82 Å². The summed E-state index contributed by atoms with van der Waals surface area (Å²) < 4.78 is 40.6. The largest absolute Gasteiger partial charge is 0.306 e. The monoisotopic (exact) mass is 305 g/mol. The van der Waals surface area contributed by atoms with E-state index >= 15 is 0 Å². The molecule has 0 fully saturated rings. The molecule has 0 aliphatic heterocycles. The predicted molar refractivity (Wildman–Crippen MR) is 71.2 cm³/mol. The number of hydrogen-bond donors (Lipinski definition) is 1.